The van der Waals surface area contributed by atoms with Gasteiger partial charge in [0.05, 0.1) is 13.2 Å². The molecule has 1 atom stereocenters. The Labute approximate surface area is 186 Å². The predicted octanol–water partition coefficient (Wildman–Crippen LogP) is 4.65. The minimum atomic E-state index is 0.251. The number of nitrogens with zero attached hydrogens (tertiary/aromatic N) is 3. The molecule has 2 aliphatic heterocycles. The lowest BCUT2D eigenvalue weighted by Gasteiger charge is -2.22. The van der Waals surface area contributed by atoms with Crippen molar-refractivity contribution in [3.63, 3.8) is 0 Å². The number of aromatic nitrogens is 1. The Bertz CT molecular complexity index is 1090. The summed E-state index contributed by atoms with van der Waals surface area (Å²) in [5.74, 6) is 0. The normalized spacial score (nSPS) is 19.6. The minimum Gasteiger partial charge on any atom is -0.395 e. The maximum absolute atomic E-state index is 9.52. The monoisotopic (exact) mass is 430 g/mol. The lowest BCUT2D eigenvalue weighted by molar-refractivity contribution is 0.153. The largest absolute Gasteiger partial charge is 0.395 e. The van der Waals surface area contributed by atoms with E-state index in [0.29, 0.717) is 12.6 Å². The first-order chi connectivity index (χ1) is 15.3. The summed E-state index contributed by atoms with van der Waals surface area (Å²) < 4.78 is 0. The van der Waals surface area contributed by atoms with Crippen molar-refractivity contribution in [2.24, 2.45) is 4.99 Å². The Morgan fingerprint density at radius 3 is 2.90 bits per heavy atom. The summed E-state index contributed by atoms with van der Waals surface area (Å²) in [5, 5.41) is 16.0. The van der Waals surface area contributed by atoms with Gasteiger partial charge < -0.3 is 10.4 Å². The molecular formula is C25H26N4OS. The second-order valence-corrected chi connectivity index (χ2v) is 8.96. The van der Waals surface area contributed by atoms with Crippen LogP contribution in [0.1, 0.15) is 29.5 Å². The van der Waals surface area contributed by atoms with Gasteiger partial charge in [-0.25, -0.2) is 4.98 Å². The molecule has 0 radical (unpaired) electrons. The molecule has 1 saturated heterocycles. The van der Waals surface area contributed by atoms with Crippen LogP contribution < -0.4 is 5.32 Å². The van der Waals surface area contributed by atoms with Crippen molar-refractivity contribution in [3.05, 3.63) is 76.9 Å². The van der Waals surface area contributed by atoms with Gasteiger partial charge >= 0.3 is 0 Å². The van der Waals surface area contributed by atoms with E-state index < -0.39 is 0 Å². The highest BCUT2D eigenvalue weighted by Crippen LogP contribution is 2.30. The van der Waals surface area contributed by atoms with Crippen LogP contribution in [0.2, 0.25) is 0 Å². The van der Waals surface area contributed by atoms with Crippen molar-refractivity contribution in [2.45, 2.75) is 25.4 Å². The Morgan fingerprint density at radius 2 is 2.10 bits per heavy atom. The van der Waals surface area contributed by atoms with E-state index in [-0.39, 0.29) is 6.61 Å². The number of fused-ring (bicyclic) bond motifs is 1. The van der Waals surface area contributed by atoms with Gasteiger partial charge in [0.15, 0.2) is 0 Å². The SMILES string of the molecule is OCC1CCCN1Cc1ccc(NC=C2CN=Cc3ccc(-c4nccs4)cc32)cc1. The molecule has 2 N–H and O–H groups in total. The van der Waals surface area contributed by atoms with Crippen LogP contribution >= 0.6 is 11.3 Å². The zero-order valence-electron chi connectivity index (χ0n) is 17.4. The van der Waals surface area contributed by atoms with Crippen LogP contribution in [-0.4, -0.2) is 46.9 Å². The molecule has 0 bridgehead atoms. The van der Waals surface area contributed by atoms with Crippen LogP contribution in [0.15, 0.2) is 65.2 Å². The molecule has 2 aromatic carbocycles. The fourth-order valence-corrected chi connectivity index (χ4v) is 4.95. The van der Waals surface area contributed by atoms with E-state index in [1.807, 2.05) is 17.8 Å². The second-order valence-electron chi connectivity index (χ2n) is 8.07. The summed E-state index contributed by atoms with van der Waals surface area (Å²) in [6, 6.07) is 15.3. The van der Waals surface area contributed by atoms with Gasteiger partial charge in [0.2, 0.25) is 0 Å². The zero-order valence-corrected chi connectivity index (χ0v) is 18.2. The Morgan fingerprint density at radius 1 is 1.19 bits per heavy atom. The molecule has 6 heteroatoms. The number of aliphatic hydroxyl groups is 1. The van der Waals surface area contributed by atoms with Crippen molar-refractivity contribution >= 4 is 28.8 Å². The summed E-state index contributed by atoms with van der Waals surface area (Å²) >= 11 is 1.65. The number of rotatable bonds is 6. The number of hydrogen-bond acceptors (Lipinski definition) is 6. The molecule has 0 amide bonds. The number of hydrogen-bond donors (Lipinski definition) is 2. The summed E-state index contributed by atoms with van der Waals surface area (Å²) in [6.07, 6.45) is 8.13. The first-order valence-electron chi connectivity index (χ1n) is 10.7. The number of benzene rings is 2. The van der Waals surface area contributed by atoms with E-state index in [1.165, 1.54) is 23.1 Å². The Kier molecular flexibility index (Phi) is 5.93. The summed E-state index contributed by atoms with van der Waals surface area (Å²) in [5.41, 5.74) is 6.99. The number of anilines is 1. The average Bonchev–Trinajstić information content (AvgIpc) is 3.50. The molecule has 3 heterocycles. The third-order valence-electron chi connectivity index (χ3n) is 6.03. The third kappa shape index (κ3) is 4.46. The molecular weight excluding hydrogens is 404 g/mol. The molecule has 0 spiro atoms. The van der Waals surface area contributed by atoms with Crippen LogP contribution in [0.3, 0.4) is 0 Å². The summed E-state index contributed by atoms with van der Waals surface area (Å²) in [4.78, 5) is 11.3. The topological polar surface area (TPSA) is 60.8 Å². The first-order valence-corrected chi connectivity index (χ1v) is 11.6. The minimum absolute atomic E-state index is 0.251. The van der Waals surface area contributed by atoms with Crippen LogP contribution in [0.4, 0.5) is 5.69 Å². The van der Waals surface area contributed by atoms with Crippen molar-refractivity contribution < 1.29 is 5.11 Å². The number of aliphatic hydroxyl groups excluding tert-OH is 1. The van der Waals surface area contributed by atoms with Crippen LogP contribution in [0.5, 0.6) is 0 Å². The van der Waals surface area contributed by atoms with Gasteiger partial charge in [0.25, 0.3) is 0 Å². The van der Waals surface area contributed by atoms with E-state index in [0.717, 1.165) is 41.3 Å². The molecule has 3 aromatic rings. The van der Waals surface area contributed by atoms with Crippen LogP contribution in [0.25, 0.3) is 16.1 Å². The average molecular weight is 431 g/mol. The van der Waals surface area contributed by atoms with E-state index >= 15 is 0 Å². The second kappa shape index (κ2) is 9.14. The first kappa shape index (κ1) is 20.1. The molecule has 31 heavy (non-hydrogen) atoms. The number of aliphatic imine (C=N–C) groups is 1. The summed E-state index contributed by atoms with van der Waals surface area (Å²) in [7, 11) is 0. The van der Waals surface area contributed by atoms with Gasteiger partial charge in [-0.05, 0) is 59.8 Å². The van der Waals surface area contributed by atoms with Gasteiger partial charge in [-0.1, -0.05) is 24.3 Å². The molecule has 5 nitrogen and oxygen atoms in total. The highest BCUT2D eigenvalue weighted by molar-refractivity contribution is 7.13. The van der Waals surface area contributed by atoms with Crippen molar-refractivity contribution in [3.8, 4) is 10.6 Å². The standard InChI is InChI=1S/C25H26N4OS/c30-17-23-2-1-10-29(23)16-18-3-7-22(8-4-18)28-15-21-14-26-13-20-6-5-19(12-24(20)21)25-27-9-11-31-25/h3-9,11-13,15,23,28,30H,1-2,10,14,16-17H2. The third-order valence-corrected chi connectivity index (χ3v) is 6.86. The lowest BCUT2D eigenvalue weighted by Crippen LogP contribution is -2.31. The van der Waals surface area contributed by atoms with E-state index in [2.05, 4.69) is 68.9 Å². The predicted molar refractivity (Wildman–Crippen MR) is 129 cm³/mol. The highest BCUT2D eigenvalue weighted by Gasteiger charge is 2.23. The van der Waals surface area contributed by atoms with Gasteiger partial charge in [-0.2, -0.15) is 0 Å². The van der Waals surface area contributed by atoms with Crippen molar-refractivity contribution in [1.29, 1.82) is 0 Å². The highest BCUT2D eigenvalue weighted by atomic mass is 32.1. The molecule has 5 rings (SSSR count). The smallest absolute Gasteiger partial charge is 0.123 e. The summed E-state index contributed by atoms with van der Waals surface area (Å²) in [6.45, 7) is 2.88. The zero-order chi connectivity index (χ0) is 21.0. The van der Waals surface area contributed by atoms with Gasteiger partial charge in [-0.15, -0.1) is 11.3 Å². The molecule has 1 aromatic heterocycles. The molecule has 0 aliphatic carbocycles. The fourth-order valence-electron chi connectivity index (χ4n) is 4.32. The molecule has 0 saturated carbocycles. The molecule has 1 fully saturated rings. The number of nitrogens with one attached hydrogen (secondary N) is 1. The van der Waals surface area contributed by atoms with Gasteiger partial charge in [-0.3, -0.25) is 9.89 Å². The van der Waals surface area contributed by atoms with Crippen LogP contribution in [-0.2, 0) is 6.54 Å². The van der Waals surface area contributed by atoms with E-state index in [9.17, 15) is 5.11 Å². The van der Waals surface area contributed by atoms with Gasteiger partial charge in [0, 0.05) is 47.8 Å². The number of thiazole rings is 1. The maximum atomic E-state index is 9.52. The Balaban J connectivity index is 1.30. The molecule has 2 aliphatic rings. The van der Waals surface area contributed by atoms with Crippen LogP contribution in [0, 0.1) is 0 Å². The van der Waals surface area contributed by atoms with Gasteiger partial charge in [0.1, 0.15) is 5.01 Å². The van der Waals surface area contributed by atoms with Crippen molar-refractivity contribution in [2.75, 3.05) is 25.0 Å². The number of likely N-dealkylation sites (tertiary alicyclic amines) is 1. The van der Waals surface area contributed by atoms with E-state index in [4.69, 9.17) is 0 Å². The molecule has 1 unspecified atom stereocenters. The fraction of sp³-hybridized carbons (Fsp3) is 0.280. The Hall–Kier alpha value is -2.80. The lowest BCUT2D eigenvalue weighted by atomic mass is 9.96. The molecule has 158 valence electrons. The maximum Gasteiger partial charge on any atom is 0.123 e. The van der Waals surface area contributed by atoms with Crippen molar-refractivity contribution in [1.82, 2.24) is 9.88 Å². The quantitative estimate of drug-likeness (QED) is 0.598. The van der Waals surface area contributed by atoms with E-state index in [1.54, 1.807) is 11.3 Å².